The van der Waals surface area contributed by atoms with E-state index in [2.05, 4.69) is 25.9 Å². The first kappa shape index (κ1) is 30.1. The molecule has 13 heteroatoms. The molecule has 0 bridgehead atoms. The predicted molar refractivity (Wildman–Crippen MR) is 157 cm³/mol. The van der Waals surface area contributed by atoms with Crippen molar-refractivity contribution < 1.29 is 29.3 Å². The number of halogens is 2. The standard InChI is InChI=1S/C28H29Cl2N5O6/c1-16-10-23(31-8-9-40-15-18(37)14-36)26(27(34-16)35-22-5-3-2-4-19(22)28(38)39)33-13-25-32-12-24(41-25)20-11-17(29)6-7-21(20)30/h2-7,10-12,18,33,36-37H,8-9,13-15H2,1H3,(H,38,39)(H2,31,34,35). The summed E-state index contributed by atoms with van der Waals surface area (Å²) in [4.78, 5) is 20.8. The molecule has 0 fully saturated rings. The van der Waals surface area contributed by atoms with Crippen molar-refractivity contribution in [3.05, 3.63) is 81.9 Å². The molecular weight excluding hydrogens is 573 g/mol. The van der Waals surface area contributed by atoms with Gasteiger partial charge in [-0.15, -0.1) is 0 Å². The number of anilines is 4. The summed E-state index contributed by atoms with van der Waals surface area (Å²) in [6, 6.07) is 13.4. The van der Waals surface area contributed by atoms with Crippen LogP contribution in [-0.2, 0) is 11.3 Å². The SMILES string of the molecule is Cc1cc(NCCOCC(O)CO)c(NCc2ncc(-c3cc(Cl)ccc3Cl)o2)c(Nc2ccccc2C(=O)O)n1. The van der Waals surface area contributed by atoms with E-state index in [1.807, 2.05) is 13.0 Å². The van der Waals surface area contributed by atoms with Gasteiger partial charge >= 0.3 is 5.97 Å². The van der Waals surface area contributed by atoms with E-state index >= 15 is 0 Å². The summed E-state index contributed by atoms with van der Waals surface area (Å²) in [6.45, 7) is 2.22. The molecule has 0 spiro atoms. The van der Waals surface area contributed by atoms with Gasteiger partial charge in [0.15, 0.2) is 11.6 Å². The van der Waals surface area contributed by atoms with Crippen molar-refractivity contribution in [2.24, 2.45) is 0 Å². The minimum Gasteiger partial charge on any atom is -0.478 e. The third kappa shape index (κ3) is 8.09. The first-order chi connectivity index (χ1) is 19.7. The van der Waals surface area contributed by atoms with E-state index in [-0.39, 0.29) is 31.9 Å². The second kappa shape index (κ2) is 14.2. The van der Waals surface area contributed by atoms with Gasteiger partial charge in [-0.1, -0.05) is 35.3 Å². The van der Waals surface area contributed by atoms with E-state index in [0.717, 1.165) is 0 Å². The molecule has 0 amide bonds. The van der Waals surface area contributed by atoms with Crippen LogP contribution in [0.3, 0.4) is 0 Å². The van der Waals surface area contributed by atoms with Gasteiger partial charge in [0.1, 0.15) is 11.8 Å². The third-order valence-electron chi connectivity index (χ3n) is 5.80. The lowest BCUT2D eigenvalue weighted by Crippen LogP contribution is -2.22. The second-order valence-electron chi connectivity index (χ2n) is 8.94. The van der Waals surface area contributed by atoms with Crippen molar-refractivity contribution in [1.29, 1.82) is 0 Å². The maximum absolute atomic E-state index is 11.8. The number of benzene rings is 2. The number of hydrogen-bond donors (Lipinski definition) is 6. The van der Waals surface area contributed by atoms with Crippen molar-refractivity contribution >= 4 is 52.1 Å². The van der Waals surface area contributed by atoms with Gasteiger partial charge < -0.3 is 40.4 Å². The minimum absolute atomic E-state index is 0.000573. The van der Waals surface area contributed by atoms with Crippen molar-refractivity contribution in [3.8, 4) is 11.3 Å². The Kier molecular flexibility index (Phi) is 10.4. The van der Waals surface area contributed by atoms with Crippen molar-refractivity contribution in [3.63, 3.8) is 0 Å². The molecule has 1 unspecified atom stereocenters. The van der Waals surface area contributed by atoms with Gasteiger partial charge in [0.05, 0.1) is 54.5 Å². The van der Waals surface area contributed by atoms with Crippen LogP contribution in [-0.4, -0.2) is 63.7 Å². The normalized spacial score (nSPS) is 11.7. The molecule has 41 heavy (non-hydrogen) atoms. The number of hydrogen-bond acceptors (Lipinski definition) is 10. The predicted octanol–water partition coefficient (Wildman–Crippen LogP) is 5.19. The molecule has 11 nitrogen and oxygen atoms in total. The number of nitrogens with one attached hydrogen (secondary N) is 3. The average Bonchev–Trinajstić information content (AvgIpc) is 3.42. The Hall–Kier alpha value is -3.87. The van der Waals surface area contributed by atoms with E-state index in [1.54, 1.807) is 42.6 Å². The van der Waals surface area contributed by atoms with Crippen molar-refractivity contribution in [1.82, 2.24) is 9.97 Å². The number of carboxylic acids is 1. The summed E-state index contributed by atoms with van der Waals surface area (Å²) < 4.78 is 11.3. The van der Waals surface area contributed by atoms with E-state index in [0.29, 0.717) is 62.4 Å². The molecule has 2 aromatic heterocycles. The summed E-state index contributed by atoms with van der Waals surface area (Å²) in [6.07, 6.45) is 0.606. The van der Waals surface area contributed by atoms with Crippen LogP contribution in [0.1, 0.15) is 21.9 Å². The Labute approximate surface area is 246 Å². The maximum atomic E-state index is 11.8. The Morgan fingerprint density at radius 2 is 1.93 bits per heavy atom. The molecule has 2 heterocycles. The van der Waals surface area contributed by atoms with Gasteiger partial charge in [0, 0.05) is 22.8 Å². The van der Waals surface area contributed by atoms with Crippen LogP contribution < -0.4 is 16.0 Å². The highest BCUT2D eigenvalue weighted by Crippen LogP contribution is 2.35. The van der Waals surface area contributed by atoms with E-state index in [1.165, 1.54) is 6.07 Å². The lowest BCUT2D eigenvalue weighted by atomic mass is 10.1. The van der Waals surface area contributed by atoms with Gasteiger partial charge in [-0.3, -0.25) is 0 Å². The number of oxazole rings is 1. The van der Waals surface area contributed by atoms with E-state index in [9.17, 15) is 15.0 Å². The van der Waals surface area contributed by atoms with E-state index in [4.69, 9.17) is 37.5 Å². The number of carboxylic acid groups (broad SMARTS) is 1. The van der Waals surface area contributed by atoms with Crippen molar-refractivity contribution in [2.75, 3.05) is 42.3 Å². The molecule has 1 atom stereocenters. The number of aromatic carboxylic acids is 1. The van der Waals surface area contributed by atoms with Gasteiger partial charge in [-0.05, 0) is 43.3 Å². The summed E-state index contributed by atoms with van der Waals surface area (Å²) in [5.41, 5.74) is 2.91. The molecule has 0 aliphatic carbocycles. The number of aromatic nitrogens is 2. The Balaban J connectivity index is 1.59. The molecule has 2 aromatic carbocycles. The zero-order valence-corrected chi connectivity index (χ0v) is 23.5. The van der Waals surface area contributed by atoms with Crippen LogP contribution in [0.4, 0.5) is 22.9 Å². The minimum atomic E-state index is -1.08. The highest BCUT2D eigenvalue weighted by Gasteiger charge is 2.17. The van der Waals surface area contributed by atoms with Crippen LogP contribution >= 0.6 is 23.2 Å². The molecule has 216 valence electrons. The fourth-order valence-corrected chi connectivity index (χ4v) is 4.27. The molecule has 4 rings (SSSR count). The topological polar surface area (TPSA) is 162 Å². The number of rotatable bonds is 14. The summed E-state index contributed by atoms with van der Waals surface area (Å²) >= 11 is 12.4. The Bertz CT molecular complexity index is 1500. The number of pyridine rings is 1. The van der Waals surface area contributed by atoms with Crippen LogP contribution in [0, 0.1) is 6.92 Å². The molecule has 4 aromatic rings. The Morgan fingerprint density at radius 1 is 1.12 bits per heavy atom. The molecule has 0 aliphatic heterocycles. The highest BCUT2D eigenvalue weighted by atomic mass is 35.5. The number of aryl methyl sites for hydroxylation is 1. The monoisotopic (exact) mass is 601 g/mol. The summed E-state index contributed by atoms with van der Waals surface area (Å²) in [5, 5.41) is 38.8. The summed E-state index contributed by atoms with van der Waals surface area (Å²) in [7, 11) is 0. The van der Waals surface area contributed by atoms with Crippen LogP contribution in [0.5, 0.6) is 0 Å². The average molecular weight is 602 g/mol. The van der Waals surface area contributed by atoms with E-state index < -0.39 is 12.1 Å². The highest BCUT2D eigenvalue weighted by molar-refractivity contribution is 6.35. The second-order valence-corrected chi connectivity index (χ2v) is 9.79. The quantitative estimate of drug-likeness (QED) is 0.105. The molecular formula is C28H29Cl2N5O6. The third-order valence-corrected chi connectivity index (χ3v) is 6.37. The van der Waals surface area contributed by atoms with Gasteiger partial charge in [-0.2, -0.15) is 0 Å². The number of nitrogens with zero attached hydrogens (tertiary/aromatic N) is 2. The molecule has 0 radical (unpaired) electrons. The zero-order valence-electron chi connectivity index (χ0n) is 22.0. The molecule has 0 saturated carbocycles. The maximum Gasteiger partial charge on any atom is 0.337 e. The summed E-state index contributed by atoms with van der Waals surface area (Å²) in [5.74, 6) is 0.108. The first-order valence-corrected chi connectivity index (χ1v) is 13.4. The molecule has 6 N–H and O–H groups in total. The van der Waals surface area contributed by atoms with Crippen LogP contribution in [0.2, 0.25) is 10.0 Å². The number of para-hydroxylation sites is 1. The fraction of sp³-hybridized carbons (Fsp3) is 0.250. The molecule has 0 aliphatic rings. The lowest BCUT2D eigenvalue weighted by molar-refractivity contribution is 0.00941. The fourth-order valence-electron chi connectivity index (χ4n) is 3.88. The van der Waals surface area contributed by atoms with Crippen LogP contribution in [0.15, 0.2) is 59.1 Å². The van der Waals surface area contributed by atoms with Crippen LogP contribution in [0.25, 0.3) is 11.3 Å². The number of carbonyl (C=O) groups is 1. The molecule has 0 saturated heterocycles. The van der Waals surface area contributed by atoms with Gasteiger partial charge in [0.2, 0.25) is 5.89 Å². The largest absolute Gasteiger partial charge is 0.478 e. The van der Waals surface area contributed by atoms with Crippen molar-refractivity contribution in [2.45, 2.75) is 19.6 Å². The Morgan fingerprint density at radius 3 is 2.71 bits per heavy atom. The number of aliphatic hydroxyl groups excluding tert-OH is 2. The number of ether oxygens (including phenoxy) is 1. The number of aliphatic hydroxyl groups is 2. The first-order valence-electron chi connectivity index (χ1n) is 12.6. The van der Waals surface area contributed by atoms with Gasteiger partial charge in [0.25, 0.3) is 0 Å². The van der Waals surface area contributed by atoms with Gasteiger partial charge in [-0.25, -0.2) is 14.8 Å². The zero-order chi connectivity index (χ0) is 29.4. The smallest absolute Gasteiger partial charge is 0.337 e. The lowest BCUT2D eigenvalue weighted by Gasteiger charge is -2.19.